The number of nitrogens with one attached hydrogen (secondary N) is 1. The molecule has 6 heteroatoms. The van der Waals surface area contributed by atoms with E-state index in [1.807, 2.05) is 5.32 Å². The van der Waals surface area contributed by atoms with Crippen LogP contribution in [0.2, 0.25) is 0 Å². The topological polar surface area (TPSA) is 70.7 Å². The Labute approximate surface area is 81.8 Å². The molecule has 0 heterocycles. The van der Waals surface area contributed by atoms with Gasteiger partial charge in [-0.25, -0.2) is 14.2 Å². The fraction of sp³-hybridized carbons (Fsp3) is 0.250. The Morgan fingerprint density at radius 1 is 1.64 bits per heavy atom. The minimum Gasteiger partial charge on any atom is -0.369 e. The fourth-order valence-corrected chi connectivity index (χ4v) is 0.540. The van der Waals surface area contributed by atoms with Gasteiger partial charge in [0.1, 0.15) is 0 Å². The summed E-state index contributed by atoms with van der Waals surface area (Å²) in [6, 6.07) is -0.882. The molecule has 0 aliphatic rings. The quantitative estimate of drug-likeness (QED) is 0.395. The van der Waals surface area contributed by atoms with Crippen molar-refractivity contribution in [3.63, 3.8) is 0 Å². The molecule has 3 N–H and O–H groups in total. The largest absolute Gasteiger partial charge is 0.369 e. The van der Waals surface area contributed by atoms with Crippen LogP contribution in [0.25, 0.3) is 0 Å². The van der Waals surface area contributed by atoms with Crippen LogP contribution >= 0.6 is 0 Å². The first-order valence-corrected chi connectivity index (χ1v) is 3.76. The number of hydrogen-bond acceptors (Lipinski definition) is 2. The molecule has 0 rings (SSSR count). The number of nitrogens with two attached hydrogens (primary N) is 1. The summed E-state index contributed by atoms with van der Waals surface area (Å²) in [5, 5.41) is 2.03. The van der Waals surface area contributed by atoms with Crippen molar-refractivity contribution in [2.75, 3.05) is 14.1 Å². The molecular weight excluding hydrogens is 187 g/mol. The molecule has 0 atom stereocenters. The van der Waals surface area contributed by atoms with E-state index in [0.717, 1.165) is 6.08 Å². The predicted molar refractivity (Wildman–Crippen MR) is 53.2 cm³/mol. The van der Waals surface area contributed by atoms with Gasteiger partial charge in [-0.2, -0.15) is 0 Å². The van der Waals surface area contributed by atoms with E-state index in [4.69, 9.17) is 5.73 Å². The zero-order chi connectivity index (χ0) is 11.1. The molecular formula is C8H13FN4O. The number of primary amides is 1. The lowest BCUT2D eigenvalue weighted by Gasteiger charge is -2.05. The van der Waals surface area contributed by atoms with Gasteiger partial charge in [0.05, 0.1) is 6.34 Å². The number of carbonyl (C=O) groups excluding carboxylic acids is 1. The lowest BCUT2D eigenvalue weighted by atomic mass is 10.5. The van der Waals surface area contributed by atoms with Crippen LogP contribution in [0, 0.1) is 0 Å². The van der Waals surface area contributed by atoms with Crippen LogP contribution in [0.5, 0.6) is 0 Å². The number of hydrogen-bond donors (Lipinski definition) is 2. The number of allylic oxidation sites excluding steroid dienone is 2. The first kappa shape index (κ1) is 12.2. The molecule has 0 saturated carbocycles. The lowest BCUT2D eigenvalue weighted by molar-refractivity contribution is 0.251. The van der Waals surface area contributed by atoms with Gasteiger partial charge < -0.3 is 10.6 Å². The van der Waals surface area contributed by atoms with Gasteiger partial charge in [-0.15, -0.1) is 0 Å². The molecule has 2 amide bonds. The number of rotatable bonds is 4. The molecule has 0 unspecified atom stereocenters. The Bertz CT molecular complexity index is 283. The second-order valence-electron chi connectivity index (χ2n) is 2.60. The standard InChI is InChI=1S/C8H13FN4O/c1-4-6(9)7(12-8(10)14)11-5-13(2)3/h4-5H,1H2,2-3H3,(H3,10,12,14)/b7-6+,11-5?. The second kappa shape index (κ2) is 5.74. The van der Waals surface area contributed by atoms with Crippen molar-refractivity contribution < 1.29 is 9.18 Å². The molecule has 0 aromatic heterocycles. The summed E-state index contributed by atoms with van der Waals surface area (Å²) in [5.74, 6) is -1.01. The summed E-state index contributed by atoms with van der Waals surface area (Å²) in [6.07, 6.45) is 2.26. The van der Waals surface area contributed by atoms with Crippen molar-refractivity contribution in [2.24, 2.45) is 10.7 Å². The highest BCUT2D eigenvalue weighted by Crippen LogP contribution is 2.04. The summed E-state index contributed by atoms with van der Waals surface area (Å²) in [6.45, 7) is 3.20. The Hall–Kier alpha value is -1.85. The van der Waals surface area contributed by atoms with Gasteiger partial charge in [-0.3, -0.25) is 5.32 Å². The highest BCUT2D eigenvalue weighted by Gasteiger charge is 2.03. The van der Waals surface area contributed by atoms with Gasteiger partial charge in [-0.1, -0.05) is 6.58 Å². The third-order valence-electron chi connectivity index (χ3n) is 1.06. The molecule has 0 aromatic rings. The Kier molecular flexibility index (Phi) is 4.98. The third kappa shape index (κ3) is 4.91. The summed E-state index contributed by atoms with van der Waals surface area (Å²) >= 11 is 0. The maximum Gasteiger partial charge on any atom is 0.317 e. The molecule has 0 fully saturated rings. The van der Waals surface area contributed by atoms with Gasteiger partial charge in [0.15, 0.2) is 11.6 Å². The monoisotopic (exact) mass is 200 g/mol. The van der Waals surface area contributed by atoms with E-state index < -0.39 is 11.9 Å². The van der Waals surface area contributed by atoms with Gasteiger partial charge in [0, 0.05) is 14.1 Å². The molecule has 0 radical (unpaired) electrons. The summed E-state index contributed by atoms with van der Waals surface area (Å²) < 4.78 is 13.0. The van der Waals surface area contributed by atoms with Crippen molar-refractivity contribution in [3.8, 4) is 0 Å². The Morgan fingerprint density at radius 3 is 2.57 bits per heavy atom. The van der Waals surface area contributed by atoms with Gasteiger partial charge in [0.2, 0.25) is 0 Å². The van der Waals surface area contributed by atoms with Crippen LogP contribution in [0.4, 0.5) is 9.18 Å². The minimum atomic E-state index is -0.882. The zero-order valence-electron chi connectivity index (χ0n) is 8.12. The zero-order valence-corrected chi connectivity index (χ0v) is 8.12. The van der Waals surface area contributed by atoms with E-state index in [-0.39, 0.29) is 5.82 Å². The average molecular weight is 200 g/mol. The van der Waals surface area contributed by atoms with Gasteiger partial charge in [0.25, 0.3) is 0 Å². The predicted octanol–water partition coefficient (Wildman–Crippen LogP) is 0.569. The van der Waals surface area contributed by atoms with Gasteiger partial charge in [-0.05, 0) is 6.08 Å². The SMILES string of the molecule is C=C/C(F)=C(/N=CN(C)C)NC(N)=O. The Morgan fingerprint density at radius 2 is 2.21 bits per heavy atom. The summed E-state index contributed by atoms with van der Waals surface area (Å²) in [7, 11) is 3.41. The van der Waals surface area contributed by atoms with Gasteiger partial charge >= 0.3 is 6.03 Å². The highest BCUT2D eigenvalue weighted by molar-refractivity contribution is 5.74. The number of aliphatic imine (C=N–C) groups is 1. The van der Waals surface area contributed by atoms with E-state index >= 15 is 0 Å². The molecule has 0 spiro atoms. The van der Waals surface area contributed by atoms with Crippen molar-refractivity contribution >= 4 is 12.4 Å². The number of amides is 2. The molecule has 14 heavy (non-hydrogen) atoms. The molecule has 78 valence electrons. The van der Waals surface area contributed by atoms with Crippen LogP contribution < -0.4 is 11.1 Å². The summed E-state index contributed by atoms with van der Waals surface area (Å²) in [4.78, 5) is 15.7. The fourth-order valence-electron chi connectivity index (χ4n) is 0.540. The molecule has 0 aromatic carbocycles. The van der Waals surface area contributed by atoms with Crippen LogP contribution in [0.1, 0.15) is 0 Å². The van der Waals surface area contributed by atoms with Crippen LogP contribution in [0.3, 0.4) is 0 Å². The molecule has 0 aliphatic heterocycles. The van der Waals surface area contributed by atoms with E-state index in [9.17, 15) is 9.18 Å². The molecule has 0 bridgehead atoms. The normalized spacial score (nSPS) is 12.2. The van der Waals surface area contributed by atoms with Crippen molar-refractivity contribution in [2.45, 2.75) is 0 Å². The van der Waals surface area contributed by atoms with Crippen LogP contribution in [-0.4, -0.2) is 31.4 Å². The highest BCUT2D eigenvalue weighted by atomic mass is 19.1. The average Bonchev–Trinajstić information content (AvgIpc) is 2.10. The van der Waals surface area contributed by atoms with Crippen molar-refractivity contribution in [3.05, 3.63) is 24.3 Å². The first-order chi connectivity index (χ1) is 6.47. The van der Waals surface area contributed by atoms with Crippen LogP contribution in [-0.2, 0) is 0 Å². The van der Waals surface area contributed by atoms with E-state index in [1.54, 1.807) is 19.0 Å². The van der Waals surface area contributed by atoms with Crippen LogP contribution in [0.15, 0.2) is 29.3 Å². The third-order valence-corrected chi connectivity index (χ3v) is 1.06. The van der Waals surface area contributed by atoms with E-state index in [0.29, 0.717) is 0 Å². The van der Waals surface area contributed by atoms with Crippen molar-refractivity contribution in [1.82, 2.24) is 10.2 Å². The van der Waals surface area contributed by atoms with E-state index in [1.165, 1.54) is 6.34 Å². The minimum absolute atomic E-state index is 0.263. The van der Waals surface area contributed by atoms with Crippen molar-refractivity contribution in [1.29, 1.82) is 0 Å². The maximum atomic E-state index is 13.0. The number of nitrogens with zero attached hydrogens (tertiary/aromatic N) is 2. The second-order valence-corrected chi connectivity index (χ2v) is 2.60. The molecule has 0 saturated heterocycles. The summed E-state index contributed by atoms with van der Waals surface area (Å²) in [5.41, 5.74) is 4.82. The van der Waals surface area contributed by atoms with E-state index in [2.05, 4.69) is 11.6 Å². The smallest absolute Gasteiger partial charge is 0.317 e. The molecule has 5 nitrogen and oxygen atoms in total. The molecule has 0 aliphatic carbocycles. The number of carbonyl (C=O) groups is 1. The first-order valence-electron chi connectivity index (χ1n) is 3.76. The lowest BCUT2D eigenvalue weighted by Crippen LogP contribution is -2.29. The maximum absolute atomic E-state index is 13.0. The Balaban J connectivity index is 4.74. The number of urea groups is 1. The number of halogens is 1.